The summed E-state index contributed by atoms with van der Waals surface area (Å²) in [4.78, 5) is 5.44. The van der Waals surface area contributed by atoms with E-state index in [-0.39, 0.29) is 6.10 Å². The van der Waals surface area contributed by atoms with E-state index in [9.17, 15) is 0 Å². The number of nitrogen functional groups attached to an aromatic ring is 1. The average molecular weight is 305 g/mol. The number of hydrogen-bond donors (Lipinski definition) is 1. The number of benzene rings is 1. The van der Waals surface area contributed by atoms with Crippen molar-refractivity contribution in [3.05, 3.63) is 36.2 Å². The smallest absolute Gasteiger partial charge is 0.208 e. The molecule has 1 saturated heterocycles. The van der Waals surface area contributed by atoms with E-state index in [1.165, 1.54) is 4.90 Å². The Bertz CT molecular complexity index is 491. The molecule has 2 N–H and O–H groups in total. The zero-order valence-corrected chi connectivity index (χ0v) is 13.5. The van der Waals surface area contributed by atoms with E-state index < -0.39 is 0 Å². The Morgan fingerprint density at radius 2 is 1.95 bits per heavy atom. The van der Waals surface area contributed by atoms with Gasteiger partial charge in [0.05, 0.1) is 0 Å². The van der Waals surface area contributed by atoms with E-state index in [0.717, 1.165) is 37.5 Å². The Hall–Kier alpha value is -1.46. The van der Waals surface area contributed by atoms with E-state index in [4.69, 9.17) is 10.5 Å². The van der Waals surface area contributed by atoms with Gasteiger partial charge in [0.1, 0.15) is 6.10 Å². The molecule has 2 rings (SSSR count). The number of nitrogens with zero attached hydrogens (tertiary/aromatic N) is 2. The van der Waals surface area contributed by atoms with E-state index in [1.807, 2.05) is 32.1 Å². The van der Waals surface area contributed by atoms with Crippen LogP contribution in [0.2, 0.25) is 0 Å². The van der Waals surface area contributed by atoms with Crippen LogP contribution >= 0.6 is 11.9 Å². The number of hydrogen-bond acceptors (Lipinski definition) is 5. The summed E-state index contributed by atoms with van der Waals surface area (Å²) in [5.41, 5.74) is 6.51. The number of nitrogens with two attached hydrogens (primary N) is 1. The van der Waals surface area contributed by atoms with Crippen LogP contribution in [0, 0.1) is 0 Å². The second-order valence-electron chi connectivity index (χ2n) is 4.92. The highest BCUT2D eigenvalue weighted by Gasteiger charge is 2.21. The van der Waals surface area contributed by atoms with Gasteiger partial charge in [-0.3, -0.25) is 0 Å². The molecule has 0 amide bonds. The van der Waals surface area contributed by atoms with E-state index in [0.29, 0.717) is 0 Å². The summed E-state index contributed by atoms with van der Waals surface area (Å²) in [5.74, 6) is 0.724. The van der Waals surface area contributed by atoms with Crippen LogP contribution in [0.4, 0.5) is 5.69 Å². The van der Waals surface area contributed by atoms with Gasteiger partial charge in [-0.15, -0.1) is 0 Å². The molecule has 21 heavy (non-hydrogen) atoms. The molecule has 0 saturated carbocycles. The maximum absolute atomic E-state index is 5.91. The molecule has 0 aromatic heterocycles. The summed E-state index contributed by atoms with van der Waals surface area (Å²) in [5, 5.41) is 0. The quantitative estimate of drug-likeness (QED) is 0.390. The molecular formula is C16H23N3OS. The van der Waals surface area contributed by atoms with Gasteiger partial charge in [-0.2, -0.15) is 0 Å². The highest BCUT2D eigenvalue weighted by molar-refractivity contribution is 7.97. The second kappa shape index (κ2) is 8.10. The van der Waals surface area contributed by atoms with E-state index in [2.05, 4.69) is 21.4 Å². The number of anilines is 1. The molecular weight excluding hydrogens is 282 g/mol. The zero-order valence-electron chi connectivity index (χ0n) is 12.7. The molecule has 0 aliphatic carbocycles. The lowest BCUT2D eigenvalue weighted by atomic mass is 10.1. The standard InChI is InChI=1S/C16H23N3OS/c1-3-16(18-4-2)20-14-9-11-19(12-10-14)21-15-7-5-13(17)6-8-15/h3-8,14H,9-12,17H2,1-2H3/b16-3+,18-4-. The molecule has 0 atom stereocenters. The number of rotatable bonds is 5. The summed E-state index contributed by atoms with van der Waals surface area (Å²) < 4.78 is 8.28. The molecule has 1 heterocycles. The second-order valence-corrected chi connectivity index (χ2v) is 6.09. The van der Waals surface area contributed by atoms with Crippen molar-refractivity contribution in [1.82, 2.24) is 4.31 Å². The van der Waals surface area contributed by atoms with Crippen molar-refractivity contribution in [2.75, 3.05) is 18.8 Å². The van der Waals surface area contributed by atoms with Crippen LogP contribution in [-0.2, 0) is 4.74 Å². The summed E-state index contributed by atoms with van der Waals surface area (Å²) in [6.07, 6.45) is 6.00. The number of ether oxygens (including phenoxy) is 1. The summed E-state index contributed by atoms with van der Waals surface area (Å²) in [6, 6.07) is 8.02. The van der Waals surface area contributed by atoms with Gasteiger partial charge >= 0.3 is 0 Å². The van der Waals surface area contributed by atoms with Gasteiger partial charge in [0, 0.05) is 29.9 Å². The molecule has 0 bridgehead atoms. The minimum absolute atomic E-state index is 0.267. The van der Waals surface area contributed by atoms with E-state index in [1.54, 1.807) is 18.2 Å². The van der Waals surface area contributed by atoms with Gasteiger partial charge < -0.3 is 10.5 Å². The minimum atomic E-state index is 0.267. The van der Waals surface area contributed by atoms with Crippen LogP contribution in [0.25, 0.3) is 0 Å². The van der Waals surface area contributed by atoms with Crippen LogP contribution in [0.3, 0.4) is 0 Å². The highest BCUT2D eigenvalue weighted by Crippen LogP contribution is 2.28. The monoisotopic (exact) mass is 305 g/mol. The van der Waals surface area contributed by atoms with Crippen molar-refractivity contribution in [2.45, 2.75) is 37.7 Å². The first-order valence-electron chi connectivity index (χ1n) is 7.31. The van der Waals surface area contributed by atoms with Crippen molar-refractivity contribution < 1.29 is 4.74 Å². The van der Waals surface area contributed by atoms with Crippen LogP contribution in [0.15, 0.2) is 46.1 Å². The highest BCUT2D eigenvalue weighted by atomic mass is 32.2. The minimum Gasteiger partial charge on any atom is -0.474 e. The molecule has 1 aromatic rings. The number of allylic oxidation sites excluding steroid dienone is 1. The summed E-state index contributed by atoms with van der Waals surface area (Å²) in [7, 11) is 0. The first-order chi connectivity index (χ1) is 10.2. The van der Waals surface area contributed by atoms with Gasteiger partial charge in [-0.25, -0.2) is 9.30 Å². The van der Waals surface area contributed by atoms with Gasteiger partial charge in [-0.1, -0.05) is 0 Å². The lowest BCUT2D eigenvalue weighted by Crippen LogP contribution is -2.32. The topological polar surface area (TPSA) is 50.8 Å². The maximum Gasteiger partial charge on any atom is 0.208 e. The number of piperidine rings is 1. The summed E-state index contributed by atoms with van der Waals surface area (Å²) >= 11 is 1.79. The number of aliphatic imine (C=N–C) groups is 1. The van der Waals surface area contributed by atoms with Gasteiger partial charge in [-0.05, 0) is 69.0 Å². The van der Waals surface area contributed by atoms with Crippen molar-refractivity contribution in [1.29, 1.82) is 0 Å². The maximum atomic E-state index is 5.91. The van der Waals surface area contributed by atoms with Crippen molar-refractivity contribution in [3.63, 3.8) is 0 Å². The van der Waals surface area contributed by atoms with Crippen LogP contribution in [0.1, 0.15) is 26.7 Å². The van der Waals surface area contributed by atoms with E-state index >= 15 is 0 Å². The molecule has 114 valence electrons. The van der Waals surface area contributed by atoms with Crippen molar-refractivity contribution >= 4 is 23.8 Å². The van der Waals surface area contributed by atoms with Gasteiger partial charge in [0.15, 0.2) is 0 Å². The molecule has 5 heteroatoms. The Kier molecular flexibility index (Phi) is 6.14. The molecule has 0 radical (unpaired) electrons. The fraction of sp³-hybridized carbons (Fsp3) is 0.438. The third-order valence-corrected chi connectivity index (χ3v) is 4.41. The van der Waals surface area contributed by atoms with Crippen LogP contribution in [0.5, 0.6) is 0 Å². The first kappa shape index (κ1) is 15.9. The predicted octanol–water partition coefficient (Wildman–Crippen LogP) is 3.71. The van der Waals surface area contributed by atoms with Gasteiger partial charge in [0.25, 0.3) is 0 Å². The lowest BCUT2D eigenvalue weighted by Gasteiger charge is -2.31. The normalized spacial score (nSPS) is 18.3. The molecule has 1 aliphatic heterocycles. The third-order valence-electron chi connectivity index (χ3n) is 3.31. The fourth-order valence-electron chi connectivity index (χ4n) is 2.19. The van der Waals surface area contributed by atoms with Crippen LogP contribution in [-0.4, -0.2) is 29.7 Å². The predicted molar refractivity (Wildman–Crippen MR) is 90.3 cm³/mol. The summed E-state index contributed by atoms with van der Waals surface area (Å²) in [6.45, 7) is 5.90. The van der Waals surface area contributed by atoms with Crippen LogP contribution < -0.4 is 5.73 Å². The third kappa shape index (κ3) is 5.10. The van der Waals surface area contributed by atoms with Crippen molar-refractivity contribution in [3.8, 4) is 0 Å². The first-order valence-corrected chi connectivity index (χ1v) is 8.08. The zero-order chi connectivity index (χ0) is 15.1. The van der Waals surface area contributed by atoms with Gasteiger partial charge in [0.2, 0.25) is 5.88 Å². The largest absolute Gasteiger partial charge is 0.474 e. The lowest BCUT2D eigenvalue weighted by molar-refractivity contribution is 0.0720. The van der Waals surface area contributed by atoms with Crippen molar-refractivity contribution in [2.24, 2.45) is 4.99 Å². The Labute approximate surface area is 131 Å². The molecule has 1 aromatic carbocycles. The molecule has 1 aliphatic rings. The molecule has 4 nitrogen and oxygen atoms in total. The SMILES string of the molecule is C/C=N\C(=C/C)OC1CCN(Sc2ccc(N)cc2)CC1. The molecule has 1 fully saturated rings. The molecule has 0 unspecified atom stereocenters. The fourth-order valence-corrected chi connectivity index (χ4v) is 3.14. The Morgan fingerprint density at radius 1 is 1.29 bits per heavy atom. The average Bonchev–Trinajstić information content (AvgIpc) is 2.51. The molecule has 0 spiro atoms. The Morgan fingerprint density at radius 3 is 2.52 bits per heavy atom. The Balaban J connectivity index is 1.79.